The highest BCUT2D eigenvalue weighted by Crippen LogP contribution is 2.38. The smallest absolute Gasteiger partial charge is 0.260 e. The van der Waals surface area contributed by atoms with Crippen molar-refractivity contribution in [2.24, 2.45) is 0 Å². The van der Waals surface area contributed by atoms with E-state index in [1.54, 1.807) is 4.90 Å². The van der Waals surface area contributed by atoms with E-state index in [9.17, 15) is 9.18 Å². The van der Waals surface area contributed by atoms with Crippen molar-refractivity contribution in [3.63, 3.8) is 0 Å². The van der Waals surface area contributed by atoms with E-state index in [1.165, 1.54) is 25.9 Å². The number of hydrogen-bond acceptors (Lipinski definition) is 4. The number of halogens is 1. The predicted molar refractivity (Wildman–Crippen MR) is 85.0 cm³/mol. The fourth-order valence-electron chi connectivity index (χ4n) is 4.46. The van der Waals surface area contributed by atoms with E-state index in [2.05, 4.69) is 9.80 Å². The zero-order valence-electron chi connectivity index (χ0n) is 13.9. The molecule has 4 rings (SSSR count). The number of ether oxygens (including phenoxy) is 1. The molecule has 4 aliphatic rings. The van der Waals surface area contributed by atoms with Gasteiger partial charge in [0.05, 0.1) is 18.8 Å². The summed E-state index contributed by atoms with van der Waals surface area (Å²) >= 11 is 0. The average Bonchev–Trinajstić information content (AvgIpc) is 3.18. The summed E-state index contributed by atoms with van der Waals surface area (Å²) in [6.07, 6.45) is 4.33. The van der Waals surface area contributed by atoms with Crippen molar-refractivity contribution in [2.45, 2.75) is 49.9 Å². The van der Waals surface area contributed by atoms with Gasteiger partial charge in [0.2, 0.25) is 0 Å². The van der Waals surface area contributed by atoms with Crippen LogP contribution in [0.3, 0.4) is 0 Å². The molecule has 0 aromatic heterocycles. The maximum absolute atomic E-state index is 14.4. The van der Waals surface area contributed by atoms with Crippen molar-refractivity contribution in [2.75, 3.05) is 52.4 Å². The Labute approximate surface area is 137 Å². The first-order valence-electron chi connectivity index (χ1n) is 9.22. The topological polar surface area (TPSA) is 36.0 Å². The average molecular weight is 325 g/mol. The maximum Gasteiger partial charge on any atom is 0.260 e. The van der Waals surface area contributed by atoms with E-state index >= 15 is 0 Å². The monoisotopic (exact) mass is 325 g/mol. The van der Waals surface area contributed by atoms with Crippen LogP contribution in [0.4, 0.5) is 4.39 Å². The minimum atomic E-state index is -1.58. The summed E-state index contributed by atoms with van der Waals surface area (Å²) in [7, 11) is 0. The number of carbonyl (C=O) groups is 1. The lowest BCUT2D eigenvalue weighted by Crippen LogP contribution is -2.53. The van der Waals surface area contributed by atoms with E-state index < -0.39 is 5.67 Å². The van der Waals surface area contributed by atoms with Crippen LogP contribution in [0.15, 0.2) is 0 Å². The third kappa shape index (κ3) is 3.01. The highest BCUT2D eigenvalue weighted by atomic mass is 19.1. The zero-order valence-corrected chi connectivity index (χ0v) is 13.9. The molecule has 0 N–H and O–H groups in total. The van der Waals surface area contributed by atoms with Gasteiger partial charge in [0.1, 0.15) is 0 Å². The third-order valence-corrected chi connectivity index (χ3v) is 6.14. The van der Waals surface area contributed by atoms with Crippen LogP contribution in [0.5, 0.6) is 0 Å². The number of alkyl halides is 1. The molecule has 2 atom stereocenters. The van der Waals surface area contributed by atoms with Crippen LogP contribution in [-0.2, 0) is 9.53 Å². The molecule has 1 aliphatic carbocycles. The summed E-state index contributed by atoms with van der Waals surface area (Å²) in [6, 6.07) is 0.249. The molecule has 0 aromatic carbocycles. The van der Waals surface area contributed by atoms with Crippen molar-refractivity contribution in [1.29, 1.82) is 0 Å². The minimum Gasteiger partial charge on any atom is -0.373 e. The molecule has 0 radical (unpaired) electrons. The summed E-state index contributed by atoms with van der Waals surface area (Å²) in [6.45, 7) is 7.42. The fraction of sp³-hybridized carbons (Fsp3) is 0.941. The van der Waals surface area contributed by atoms with Gasteiger partial charge in [-0.3, -0.25) is 9.69 Å². The number of carbonyl (C=O) groups excluding carboxylic acids is 1. The molecule has 0 bridgehead atoms. The molecule has 130 valence electrons. The van der Waals surface area contributed by atoms with Crippen LogP contribution in [0.25, 0.3) is 0 Å². The lowest BCUT2D eigenvalue weighted by molar-refractivity contribution is -0.149. The van der Waals surface area contributed by atoms with Gasteiger partial charge < -0.3 is 14.5 Å². The fourth-order valence-corrected chi connectivity index (χ4v) is 4.46. The number of fused-ring (bicyclic) bond motifs is 1. The van der Waals surface area contributed by atoms with Gasteiger partial charge in [0, 0.05) is 32.7 Å². The highest BCUT2D eigenvalue weighted by Gasteiger charge is 2.51. The van der Waals surface area contributed by atoms with Crippen molar-refractivity contribution >= 4 is 5.91 Å². The third-order valence-electron chi connectivity index (χ3n) is 6.14. The first-order valence-corrected chi connectivity index (χ1v) is 9.22. The van der Waals surface area contributed by atoms with E-state index in [-0.39, 0.29) is 18.1 Å². The molecule has 1 amide bonds. The molecule has 3 heterocycles. The molecule has 4 fully saturated rings. The van der Waals surface area contributed by atoms with Crippen molar-refractivity contribution in [3.05, 3.63) is 0 Å². The maximum atomic E-state index is 14.4. The number of amides is 1. The van der Waals surface area contributed by atoms with Gasteiger partial charge in [0.15, 0.2) is 5.67 Å². The van der Waals surface area contributed by atoms with Crippen LogP contribution < -0.4 is 0 Å². The van der Waals surface area contributed by atoms with Crippen molar-refractivity contribution in [1.82, 2.24) is 14.7 Å². The summed E-state index contributed by atoms with van der Waals surface area (Å²) in [5.41, 5.74) is -1.58. The summed E-state index contributed by atoms with van der Waals surface area (Å²) < 4.78 is 20.3. The second-order valence-corrected chi connectivity index (χ2v) is 7.59. The van der Waals surface area contributed by atoms with Gasteiger partial charge in [-0.25, -0.2) is 4.39 Å². The Kier molecular flexibility index (Phi) is 4.32. The van der Waals surface area contributed by atoms with Gasteiger partial charge in [0.25, 0.3) is 5.91 Å². The first kappa shape index (κ1) is 15.8. The SMILES string of the molecule is O=C(N1C[C@@H]2OCCN(CCN3CCCC3)[C@@H]2C1)C1(F)CCC1. The first-order chi connectivity index (χ1) is 11.2. The Bertz CT molecular complexity index is 451. The minimum absolute atomic E-state index is 0.0648. The Hall–Kier alpha value is -0.720. The Morgan fingerprint density at radius 1 is 1.09 bits per heavy atom. The van der Waals surface area contributed by atoms with Crippen molar-refractivity contribution < 1.29 is 13.9 Å². The van der Waals surface area contributed by atoms with Crippen LogP contribution in [0, 0.1) is 0 Å². The van der Waals surface area contributed by atoms with Crippen molar-refractivity contribution in [3.8, 4) is 0 Å². The number of hydrogen-bond donors (Lipinski definition) is 0. The molecule has 0 aromatic rings. The Morgan fingerprint density at radius 2 is 1.87 bits per heavy atom. The molecular weight excluding hydrogens is 297 g/mol. The van der Waals surface area contributed by atoms with Gasteiger partial charge in [-0.1, -0.05) is 0 Å². The molecular formula is C17H28FN3O2. The standard InChI is InChI=1S/C17H28FN3O2/c18-17(4-3-5-17)16(22)21-12-14-15(13-21)23-11-10-20(14)9-8-19-6-1-2-7-19/h14-15H,1-13H2/t14-,15+/m1/s1. The molecule has 3 aliphatic heterocycles. The Balaban J connectivity index is 1.35. The molecule has 5 nitrogen and oxygen atoms in total. The van der Waals surface area contributed by atoms with Gasteiger partial charge >= 0.3 is 0 Å². The number of nitrogens with zero attached hydrogens (tertiary/aromatic N) is 3. The molecule has 23 heavy (non-hydrogen) atoms. The quantitative estimate of drug-likeness (QED) is 0.769. The van der Waals surface area contributed by atoms with E-state index in [1.807, 2.05) is 0 Å². The second kappa shape index (κ2) is 6.30. The van der Waals surface area contributed by atoms with Gasteiger partial charge in [-0.15, -0.1) is 0 Å². The number of rotatable bonds is 4. The molecule has 0 unspecified atom stereocenters. The van der Waals surface area contributed by atoms with E-state index in [0.717, 1.165) is 32.7 Å². The molecule has 6 heteroatoms. The van der Waals surface area contributed by atoms with Crippen LogP contribution >= 0.6 is 0 Å². The number of likely N-dealkylation sites (tertiary alicyclic amines) is 2. The summed E-state index contributed by atoms with van der Waals surface area (Å²) in [5.74, 6) is -0.291. The Morgan fingerprint density at radius 3 is 2.57 bits per heavy atom. The second-order valence-electron chi connectivity index (χ2n) is 7.59. The van der Waals surface area contributed by atoms with Crippen LogP contribution in [0.1, 0.15) is 32.1 Å². The van der Waals surface area contributed by atoms with Crippen LogP contribution in [-0.4, -0.2) is 90.8 Å². The summed E-state index contributed by atoms with van der Waals surface area (Å²) in [4.78, 5) is 19.1. The molecule has 3 saturated heterocycles. The van der Waals surface area contributed by atoms with E-state index in [4.69, 9.17) is 4.74 Å². The van der Waals surface area contributed by atoms with E-state index in [0.29, 0.717) is 25.9 Å². The summed E-state index contributed by atoms with van der Waals surface area (Å²) in [5, 5.41) is 0. The molecule has 0 spiro atoms. The zero-order chi connectivity index (χ0) is 15.9. The normalized spacial score (nSPS) is 34.4. The lowest BCUT2D eigenvalue weighted by atomic mass is 9.81. The number of morpholine rings is 1. The lowest BCUT2D eigenvalue weighted by Gasteiger charge is -2.37. The predicted octanol–water partition coefficient (Wildman–Crippen LogP) is 0.886. The van der Waals surface area contributed by atoms with Gasteiger partial charge in [-0.05, 0) is 45.2 Å². The highest BCUT2D eigenvalue weighted by molar-refractivity contribution is 5.86. The molecule has 1 saturated carbocycles. The van der Waals surface area contributed by atoms with Gasteiger partial charge in [-0.2, -0.15) is 0 Å². The largest absolute Gasteiger partial charge is 0.373 e. The van der Waals surface area contributed by atoms with Crippen LogP contribution in [0.2, 0.25) is 0 Å².